The van der Waals surface area contributed by atoms with Crippen molar-refractivity contribution < 1.29 is 35.8 Å². The highest BCUT2D eigenvalue weighted by molar-refractivity contribution is 6.30. The fourth-order valence-electron chi connectivity index (χ4n) is 1.19. The summed E-state index contributed by atoms with van der Waals surface area (Å²) in [6.45, 7) is 0. The minimum Gasteiger partial charge on any atom is -0.379 e. The van der Waals surface area contributed by atoms with Gasteiger partial charge in [0.2, 0.25) is 0 Å². The van der Waals surface area contributed by atoms with Gasteiger partial charge in [-0.1, -0.05) is 11.6 Å². The highest BCUT2D eigenvalue weighted by Crippen LogP contribution is 2.40. The molecule has 0 radical (unpaired) electrons. The summed E-state index contributed by atoms with van der Waals surface area (Å²) in [5.41, 5.74) is -3.53. The van der Waals surface area contributed by atoms with Gasteiger partial charge in [-0.3, -0.25) is 0 Å². The number of aliphatic hydroxyl groups is 1. The summed E-state index contributed by atoms with van der Waals surface area (Å²) in [4.78, 5) is 0. The maximum atomic E-state index is 13.3. The Labute approximate surface area is 101 Å². The molecule has 0 saturated carbocycles. The molecule has 0 heterocycles. The lowest BCUT2D eigenvalue weighted by molar-refractivity contribution is -0.208. The first-order chi connectivity index (χ1) is 7.94. The molecule has 0 bridgehead atoms. The van der Waals surface area contributed by atoms with Crippen LogP contribution in [-0.2, 0) is 6.18 Å². The summed E-state index contributed by atoms with van der Waals surface area (Å²) in [5.74, 6) is -2.20. The summed E-state index contributed by atoms with van der Waals surface area (Å²) in [6.07, 6.45) is -13.9. The predicted molar refractivity (Wildman–Crippen MR) is 47.4 cm³/mol. The lowest BCUT2D eigenvalue weighted by Gasteiger charge is -2.18. The van der Waals surface area contributed by atoms with E-state index in [-0.39, 0.29) is 6.07 Å². The van der Waals surface area contributed by atoms with Gasteiger partial charge in [0.1, 0.15) is 5.82 Å². The van der Waals surface area contributed by atoms with Crippen LogP contribution >= 0.6 is 11.6 Å². The maximum Gasteiger partial charge on any atom is 0.419 e. The maximum absolute atomic E-state index is 13.3. The lowest BCUT2D eigenvalue weighted by atomic mass is 10.0. The van der Waals surface area contributed by atoms with E-state index in [9.17, 15) is 30.7 Å². The minimum atomic E-state index is -5.30. The van der Waals surface area contributed by atoms with E-state index in [4.69, 9.17) is 16.7 Å². The van der Waals surface area contributed by atoms with Crippen molar-refractivity contribution in [2.24, 2.45) is 0 Å². The van der Waals surface area contributed by atoms with E-state index in [0.717, 1.165) is 0 Å². The van der Waals surface area contributed by atoms with E-state index in [2.05, 4.69) is 0 Å². The van der Waals surface area contributed by atoms with E-state index < -0.39 is 40.4 Å². The van der Waals surface area contributed by atoms with E-state index in [0.29, 0.717) is 6.07 Å². The quantitative estimate of drug-likeness (QED) is 0.774. The number of halogens is 8. The third kappa shape index (κ3) is 3.05. The second kappa shape index (κ2) is 4.58. The van der Waals surface area contributed by atoms with Gasteiger partial charge in [-0.15, -0.1) is 0 Å². The molecule has 0 saturated heterocycles. The van der Waals surface area contributed by atoms with Crippen molar-refractivity contribution in [2.45, 2.75) is 18.5 Å². The first-order valence-corrected chi connectivity index (χ1v) is 4.63. The third-order valence-electron chi connectivity index (χ3n) is 1.98. The van der Waals surface area contributed by atoms with E-state index in [1.807, 2.05) is 0 Å². The van der Waals surface area contributed by atoms with Crippen LogP contribution in [0.25, 0.3) is 0 Å². The fourth-order valence-corrected chi connectivity index (χ4v) is 1.42. The summed E-state index contributed by atoms with van der Waals surface area (Å²) in [7, 11) is 0. The van der Waals surface area contributed by atoms with Gasteiger partial charge in [-0.25, -0.2) is 4.39 Å². The molecule has 0 spiro atoms. The molecule has 1 nitrogen and oxygen atoms in total. The summed E-state index contributed by atoms with van der Waals surface area (Å²) in [5, 5.41) is 8.00. The van der Waals surface area contributed by atoms with Crippen LogP contribution in [0.4, 0.5) is 30.7 Å². The zero-order valence-corrected chi connectivity index (χ0v) is 8.96. The van der Waals surface area contributed by atoms with Gasteiger partial charge in [0.25, 0.3) is 0 Å². The first kappa shape index (κ1) is 15.0. The van der Waals surface area contributed by atoms with E-state index >= 15 is 0 Å². The number of benzene rings is 1. The molecular formula is C9H4ClF7O. The smallest absolute Gasteiger partial charge is 0.379 e. The molecule has 102 valence electrons. The van der Waals surface area contributed by atoms with Crippen LogP contribution in [0, 0.1) is 5.82 Å². The molecule has 18 heavy (non-hydrogen) atoms. The molecule has 1 unspecified atom stereocenters. The van der Waals surface area contributed by atoms with Crippen molar-refractivity contribution in [3.05, 3.63) is 34.1 Å². The Hall–Kier alpha value is -1.02. The number of alkyl halides is 6. The van der Waals surface area contributed by atoms with Crippen LogP contribution in [0.2, 0.25) is 5.02 Å². The summed E-state index contributed by atoms with van der Waals surface area (Å²) in [6, 6.07) is 0.438. The summed E-state index contributed by atoms with van der Waals surface area (Å²) < 4.78 is 86.6. The zero-order chi connectivity index (χ0) is 14.3. The van der Waals surface area contributed by atoms with Gasteiger partial charge in [-0.05, 0) is 12.1 Å². The van der Waals surface area contributed by atoms with Crippen LogP contribution in [0.1, 0.15) is 17.2 Å². The number of hydrogen-bond acceptors (Lipinski definition) is 1. The topological polar surface area (TPSA) is 20.2 Å². The van der Waals surface area contributed by atoms with Gasteiger partial charge in [-0.2, -0.15) is 26.3 Å². The monoisotopic (exact) mass is 296 g/mol. The van der Waals surface area contributed by atoms with Gasteiger partial charge < -0.3 is 5.11 Å². The molecule has 1 rings (SSSR count). The van der Waals surface area contributed by atoms with Crippen molar-refractivity contribution in [3.63, 3.8) is 0 Å². The Morgan fingerprint density at radius 2 is 1.56 bits per heavy atom. The van der Waals surface area contributed by atoms with Crippen LogP contribution in [0.15, 0.2) is 12.1 Å². The second-order valence-corrected chi connectivity index (χ2v) is 3.73. The van der Waals surface area contributed by atoms with Crippen molar-refractivity contribution in [1.82, 2.24) is 0 Å². The summed E-state index contributed by atoms with van der Waals surface area (Å²) >= 11 is 5.18. The highest BCUT2D eigenvalue weighted by Gasteiger charge is 2.44. The fraction of sp³-hybridized carbons (Fsp3) is 0.333. The average Bonchev–Trinajstić information content (AvgIpc) is 2.17. The molecule has 0 aliphatic carbocycles. The molecular weight excluding hydrogens is 293 g/mol. The predicted octanol–water partition coefficient (Wildman–Crippen LogP) is 4.09. The molecule has 1 N–H and O–H groups in total. The Balaban J connectivity index is 3.44. The van der Waals surface area contributed by atoms with Gasteiger partial charge in [0.15, 0.2) is 6.10 Å². The second-order valence-electron chi connectivity index (χ2n) is 3.30. The van der Waals surface area contributed by atoms with Crippen molar-refractivity contribution >= 4 is 11.6 Å². The number of hydrogen-bond donors (Lipinski definition) is 1. The molecule has 0 aliphatic rings. The molecule has 9 heteroatoms. The van der Waals surface area contributed by atoms with Gasteiger partial charge in [0.05, 0.1) is 5.56 Å². The highest BCUT2D eigenvalue weighted by atomic mass is 35.5. The molecule has 0 amide bonds. The Kier molecular flexibility index (Phi) is 3.83. The largest absolute Gasteiger partial charge is 0.419 e. The SMILES string of the molecule is OC(c1cc(Cl)cc(C(F)(F)F)c1F)C(F)(F)F. The molecule has 1 aromatic carbocycles. The van der Waals surface area contributed by atoms with Crippen molar-refractivity contribution in [1.29, 1.82) is 0 Å². The van der Waals surface area contributed by atoms with Gasteiger partial charge >= 0.3 is 12.4 Å². The minimum absolute atomic E-state index is 0.142. The Morgan fingerprint density at radius 3 is 1.94 bits per heavy atom. The van der Waals surface area contributed by atoms with E-state index in [1.165, 1.54) is 0 Å². The van der Waals surface area contributed by atoms with Gasteiger partial charge in [0, 0.05) is 10.6 Å². The number of aliphatic hydroxyl groups excluding tert-OH is 1. The third-order valence-corrected chi connectivity index (χ3v) is 2.19. The standard InChI is InChI=1S/C9H4ClF7O/c10-3-1-4(7(18)9(15,16)17)6(11)5(2-3)8(12,13)14/h1-2,7,18H. The molecule has 0 aromatic heterocycles. The van der Waals surface area contributed by atoms with Crippen LogP contribution in [0.3, 0.4) is 0 Å². The first-order valence-electron chi connectivity index (χ1n) is 4.25. The van der Waals surface area contributed by atoms with Crippen molar-refractivity contribution in [2.75, 3.05) is 0 Å². The Morgan fingerprint density at radius 1 is 1.06 bits per heavy atom. The molecule has 1 atom stereocenters. The lowest BCUT2D eigenvalue weighted by Crippen LogP contribution is -2.23. The molecule has 0 aliphatic heterocycles. The average molecular weight is 297 g/mol. The Bertz CT molecular complexity index is 451. The molecule has 1 aromatic rings. The number of rotatable bonds is 1. The van der Waals surface area contributed by atoms with Crippen molar-refractivity contribution in [3.8, 4) is 0 Å². The van der Waals surface area contributed by atoms with E-state index in [1.54, 1.807) is 0 Å². The normalized spacial score (nSPS) is 14.7. The zero-order valence-electron chi connectivity index (χ0n) is 8.20. The van der Waals surface area contributed by atoms with Crippen LogP contribution < -0.4 is 0 Å². The van der Waals surface area contributed by atoms with Crippen LogP contribution in [-0.4, -0.2) is 11.3 Å². The molecule has 0 fully saturated rings. The van der Waals surface area contributed by atoms with Crippen LogP contribution in [0.5, 0.6) is 0 Å².